The van der Waals surface area contributed by atoms with E-state index in [2.05, 4.69) is 0 Å². The number of benzene rings is 2. The Bertz CT molecular complexity index is 1070. The van der Waals surface area contributed by atoms with Crippen LogP contribution < -0.4 is 18.9 Å². The number of methoxy groups -OCH3 is 3. The Morgan fingerprint density at radius 3 is 2.17 bits per heavy atom. The summed E-state index contributed by atoms with van der Waals surface area (Å²) in [5.41, 5.74) is 3.31. The van der Waals surface area contributed by atoms with Crippen molar-refractivity contribution in [2.75, 3.05) is 27.9 Å². The second kappa shape index (κ2) is 11.4. The Kier molecular flexibility index (Phi) is 8.25. The van der Waals surface area contributed by atoms with Crippen molar-refractivity contribution in [1.29, 1.82) is 0 Å². The first-order chi connectivity index (χ1) is 17.3. The highest BCUT2D eigenvalue weighted by Crippen LogP contribution is 2.35. The highest BCUT2D eigenvalue weighted by Gasteiger charge is 2.43. The molecule has 2 aliphatic heterocycles. The molecule has 0 aromatic heterocycles. The summed E-state index contributed by atoms with van der Waals surface area (Å²) in [7, 11) is 4.77. The van der Waals surface area contributed by atoms with E-state index in [1.54, 1.807) is 27.2 Å². The molecule has 2 aliphatic rings. The second-order valence-electron chi connectivity index (χ2n) is 9.08. The third-order valence-corrected chi connectivity index (χ3v) is 6.67. The van der Waals surface area contributed by atoms with Crippen LogP contribution in [0.2, 0.25) is 0 Å². The lowest BCUT2D eigenvalue weighted by Crippen LogP contribution is -2.58. The molecule has 196 valence electrons. The number of ether oxygens (including phenoxy) is 6. The van der Waals surface area contributed by atoms with Crippen molar-refractivity contribution in [3.8, 4) is 23.0 Å². The molecule has 2 aromatic rings. The van der Waals surface area contributed by atoms with Crippen molar-refractivity contribution in [3.05, 3.63) is 59.4 Å². The molecule has 1 fully saturated rings. The standard InChI is InChI=1S/C27H34O9/c1-15-24(28)25(29)26(30)27(35-15)36-21-8-6-17(12-23(21)33-4)10-19-14-34-13-18(19)9-16-5-7-20(31-2)22(11-16)32-3/h5-8,11-13,15,19,24-30H,9-10,14H2,1-4H3/t15-,19+,24-,25+,26+,27-/m1/s1. The Morgan fingerprint density at radius 2 is 1.44 bits per heavy atom. The van der Waals surface area contributed by atoms with Gasteiger partial charge in [-0.15, -0.1) is 0 Å². The molecule has 36 heavy (non-hydrogen) atoms. The molecule has 0 aliphatic carbocycles. The van der Waals surface area contributed by atoms with E-state index in [1.165, 1.54) is 12.7 Å². The predicted octanol–water partition coefficient (Wildman–Crippen LogP) is 2.23. The minimum Gasteiger partial charge on any atom is -0.501 e. The number of aliphatic hydroxyl groups excluding tert-OH is 3. The van der Waals surface area contributed by atoms with Gasteiger partial charge in [-0.2, -0.15) is 0 Å². The molecule has 2 heterocycles. The van der Waals surface area contributed by atoms with Crippen molar-refractivity contribution in [2.45, 2.75) is 50.5 Å². The highest BCUT2D eigenvalue weighted by atomic mass is 16.7. The van der Waals surface area contributed by atoms with E-state index < -0.39 is 30.7 Å². The molecule has 0 saturated carbocycles. The molecular weight excluding hydrogens is 468 g/mol. The van der Waals surface area contributed by atoms with Crippen molar-refractivity contribution in [1.82, 2.24) is 0 Å². The molecule has 0 radical (unpaired) electrons. The smallest absolute Gasteiger partial charge is 0.229 e. The van der Waals surface area contributed by atoms with E-state index in [1.807, 2.05) is 36.6 Å². The molecule has 0 bridgehead atoms. The summed E-state index contributed by atoms with van der Waals surface area (Å²) in [6, 6.07) is 11.4. The van der Waals surface area contributed by atoms with Crippen LogP contribution in [0.1, 0.15) is 18.1 Å². The third-order valence-electron chi connectivity index (χ3n) is 6.67. The molecule has 1 saturated heterocycles. The fourth-order valence-corrected chi connectivity index (χ4v) is 4.53. The van der Waals surface area contributed by atoms with Crippen LogP contribution in [0, 0.1) is 5.92 Å². The molecule has 0 unspecified atom stereocenters. The van der Waals surface area contributed by atoms with Gasteiger partial charge in [0.2, 0.25) is 6.29 Å². The maximum atomic E-state index is 10.3. The van der Waals surface area contributed by atoms with Crippen LogP contribution in [0.15, 0.2) is 48.2 Å². The summed E-state index contributed by atoms with van der Waals surface area (Å²) in [5.74, 6) is 2.41. The summed E-state index contributed by atoms with van der Waals surface area (Å²) >= 11 is 0. The molecule has 6 atom stereocenters. The fraction of sp³-hybridized carbons (Fsp3) is 0.481. The molecule has 2 aromatic carbocycles. The van der Waals surface area contributed by atoms with E-state index >= 15 is 0 Å². The summed E-state index contributed by atoms with van der Waals surface area (Å²) < 4.78 is 33.3. The second-order valence-corrected chi connectivity index (χ2v) is 9.08. The average molecular weight is 503 g/mol. The van der Waals surface area contributed by atoms with Gasteiger partial charge in [-0.05, 0) is 60.7 Å². The normalized spacial score (nSPS) is 27.7. The Balaban J connectivity index is 1.44. The minimum atomic E-state index is -1.40. The fourth-order valence-electron chi connectivity index (χ4n) is 4.53. The Labute approximate surface area is 210 Å². The Morgan fingerprint density at radius 1 is 0.806 bits per heavy atom. The summed E-state index contributed by atoms with van der Waals surface area (Å²) in [5, 5.41) is 30.2. The van der Waals surface area contributed by atoms with Crippen molar-refractivity contribution in [2.24, 2.45) is 5.92 Å². The first kappa shape index (κ1) is 26.1. The summed E-state index contributed by atoms with van der Waals surface area (Å²) in [6.07, 6.45) is -2.51. The van der Waals surface area contributed by atoms with E-state index in [-0.39, 0.29) is 5.92 Å². The number of aliphatic hydroxyl groups is 3. The van der Waals surface area contributed by atoms with Gasteiger partial charge in [0.25, 0.3) is 0 Å². The van der Waals surface area contributed by atoms with Crippen LogP contribution in [0.25, 0.3) is 0 Å². The van der Waals surface area contributed by atoms with Crippen molar-refractivity contribution >= 4 is 0 Å². The zero-order valence-electron chi connectivity index (χ0n) is 20.9. The van der Waals surface area contributed by atoms with Crippen LogP contribution in [0.4, 0.5) is 0 Å². The summed E-state index contributed by atoms with van der Waals surface area (Å²) in [6.45, 7) is 2.19. The number of rotatable bonds is 9. The summed E-state index contributed by atoms with van der Waals surface area (Å²) in [4.78, 5) is 0. The quantitative estimate of drug-likeness (QED) is 0.475. The molecule has 3 N–H and O–H groups in total. The third kappa shape index (κ3) is 5.54. The van der Waals surface area contributed by atoms with Gasteiger partial charge in [0.05, 0.1) is 40.3 Å². The van der Waals surface area contributed by atoms with Gasteiger partial charge in [-0.25, -0.2) is 0 Å². The Hall–Kier alpha value is -2.98. The lowest BCUT2D eigenvalue weighted by molar-refractivity contribution is -0.268. The zero-order valence-corrected chi connectivity index (χ0v) is 20.9. The van der Waals surface area contributed by atoms with Crippen LogP contribution >= 0.6 is 0 Å². The monoisotopic (exact) mass is 502 g/mol. The van der Waals surface area contributed by atoms with Gasteiger partial charge in [-0.3, -0.25) is 0 Å². The van der Waals surface area contributed by atoms with Crippen LogP contribution in [-0.2, 0) is 22.3 Å². The minimum absolute atomic E-state index is 0.190. The molecule has 0 spiro atoms. The van der Waals surface area contributed by atoms with Crippen molar-refractivity contribution < 1.29 is 43.7 Å². The van der Waals surface area contributed by atoms with E-state index in [0.717, 1.165) is 24.0 Å². The van der Waals surface area contributed by atoms with E-state index in [4.69, 9.17) is 28.4 Å². The maximum Gasteiger partial charge on any atom is 0.229 e. The topological polar surface area (TPSA) is 116 Å². The largest absolute Gasteiger partial charge is 0.501 e. The maximum absolute atomic E-state index is 10.3. The molecule has 0 amide bonds. The zero-order chi connectivity index (χ0) is 25.8. The number of hydrogen-bond acceptors (Lipinski definition) is 9. The molecular formula is C27H34O9. The van der Waals surface area contributed by atoms with Crippen LogP contribution in [0.3, 0.4) is 0 Å². The van der Waals surface area contributed by atoms with Crippen LogP contribution in [-0.4, -0.2) is 74.0 Å². The molecule has 9 nitrogen and oxygen atoms in total. The van der Waals surface area contributed by atoms with Crippen LogP contribution in [0.5, 0.6) is 23.0 Å². The van der Waals surface area contributed by atoms with E-state index in [0.29, 0.717) is 29.6 Å². The van der Waals surface area contributed by atoms with Gasteiger partial charge in [0.1, 0.15) is 18.3 Å². The molecule has 9 heteroatoms. The number of hydrogen-bond donors (Lipinski definition) is 3. The first-order valence-corrected chi connectivity index (χ1v) is 11.9. The SMILES string of the molecule is COc1ccc(CC2=COC[C@@H]2Cc2ccc(O[C@H]3O[C@H](C)[C@@H](O)[C@H](O)[C@@H]3O)c(OC)c2)cc1OC. The highest BCUT2D eigenvalue weighted by molar-refractivity contribution is 5.45. The van der Waals surface area contributed by atoms with Crippen molar-refractivity contribution in [3.63, 3.8) is 0 Å². The van der Waals surface area contributed by atoms with Gasteiger partial charge in [0, 0.05) is 5.92 Å². The van der Waals surface area contributed by atoms with Gasteiger partial charge < -0.3 is 43.7 Å². The molecule has 4 rings (SSSR count). The van der Waals surface area contributed by atoms with Gasteiger partial charge in [-0.1, -0.05) is 12.1 Å². The lowest BCUT2D eigenvalue weighted by Gasteiger charge is -2.39. The van der Waals surface area contributed by atoms with Gasteiger partial charge in [0.15, 0.2) is 23.0 Å². The first-order valence-electron chi connectivity index (χ1n) is 11.9. The van der Waals surface area contributed by atoms with Gasteiger partial charge >= 0.3 is 0 Å². The van der Waals surface area contributed by atoms with E-state index in [9.17, 15) is 15.3 Å². The predicted molar refractivity (Wildman–Crippen MR) is 130 cm³/mol. The average Bonchev–Trinajstić information content (AvgIpc) is 3.32. The lowest BCUT2D eigenvalue weighted by atomic mass is 9.90.